The van der Waals surface area contributed by atoms with Gasteiger partial charge in [-0.3, -0.25) is 9.69 Å². The van der Waals surface area contributed by atoms with E-state index in [9.17, 15) is 13.2 Å². The second-order valence-electron chi connectivity index (χ2n) is 6.43. The second-order valence-corrected chi connectivity index (χ2v) is 8.64. The van der Waals surface area contributed by atoms with E-state index < -0.39 is 14.6 Å². The van der Waals surface area contributed by atoms with Crippen molar-refractivity contribution >= 4 is 21.4 Å². The molecule has 1 saturated carbocycles. The third-order valence-electron chi connectivity index (χ3n) is 4.99. The van der Waals surface area contributed by atoms with Crippen molar-refractivity contribution in [2.24, 2.45) is 5.92 Å². The van der Waals surface area contributed by atoms with Crippen molar-refractivity contribution in [1.29, 1.82) is 0 Å². The Hall–Kier alpha value is -2.40. The van der Waals surface area contributed by atoms with Gasteiger partial charge in [-0.2, -0.15) is 0 Å². The van der Waals surface area contributed by atoms with E-state index in [0.29, 0.717) is 17.8 Å². The maximum Gasteiger partial charge on any atom is 0.253 e. The molecule has 1 heterocycles. The van der Waals surface area contributed by atoms with E-state index >= 15 is 0 Å². The number of sulfone groups is 1. The Morgan fingerprint density at radius 2 is 1.71 bits per heavy atom. The number of benzene rings is 2. The Labute approximate surface area is 141 Å². The summed E-state index contributed by atoms with van der Waals surface area (Å²) in [7, 11) is -3.76. The zero-order valence-corrected chi connectivity index (χ0v) is 14.1. The molecule has 2 aromatic carbocycles. The topological polar surface area (TPSA) is 54.5 Å². The van der Waals surface area contributed by atoms with Crippen molar-refractivity contribution in [2.45, 2.75) is 23.0 Å². The van der Waals surface area contributed by atoms with Gasteiger partial charge in [-0.05, 0) is 37.6 Å². The van der Waals surface area contributed by atoms with Crippen LogP contribution in [0.2, 0.25) is 0 Å². The average molecular weight is 339 g/mol. The molecule has 0 spiro atoms. The number of hydrogen-bond donors (Lipinski definition) is 0. The molecule has 2 fully saturated rings. The van der Waals surface area contributed by atoms with Crippen LogP contribution < -0.4 is 4.90 Å². The predicted octanol–water partition coefficient (Wildman–Crippen LogP) is 3.09. The molecule has 2 atom stereocenters. The van der Waals surface area contributed by atoms with Crippen LogP contribution in [-0.4, -0.2) is 19.1 Å². The molecule has 1 aliphatic heterocycles. The number of nitrogens with zero attached hydrogens (tertiary/aromatic N) is 1. The minimum Gasteiger partial charge on any atom is -0.284 e. The molecular formula is C19H17NO3S. The van der Waals surface area contributed by atoms with Gasteiger partial charge in [0.05, 0.1) is 4.90 Å². The van der Waals surface area contributed by atoms with Crippen LogP contribution in [0.15, 0.2) is 71.8 Å². The van der Waals surface area contributed by atoms with Crippen LogP contribution in [0.25, 0.3) is 0 Å². The fourth-order valence-electron chi connectivity index (χ4n) is 3.54. The van der Waals surface area contributed by atoms with Gasteiger partial charge in [-0.1, -0.05) is 42.5 Å². The highest BCUT2D eigenvalue weighted by Crippen LogP contribution is 2.62. The van der Waals surface area contributed by atoms with Crippen molar-refractivity contribution in [3.05, 3.63) is 72.4 Å². The molecule has 1 aliphatic carbocycles. The summed E-state index contributed by atoms with van der Waals surface area (Å²) in [5.41, 5.74) is 2.21. The first-order valence-corrected chi connectivity index (χ1v) is 9.27. The van der Waals surface area contributed by atoms with Crippen molar-refractivity contribution in [2.75, 3.05) is 4.90 Å². The van der Waals surface area contributed by atoms with Gasteiger partial charge in [0.2, 0.25) is 0 Å². The van der Waals surface area contributed by atoms with E-state index in [0.717, 1.165) is 5.56 Å². The molecule has 122 valence electrons. The van der Waals surface area contributed by atoms with Crippen LogP contribution >= 0.6 is 0 Å². The van der Waals surface area contributed by atoms with E-state index in [1.165, 1.54) is 4.90 Å². The van der Waals surface area contributed by atoms with Gasteiger partial charge in [-0.15, -0.1) is 0 Å². The molecule has 0 N–H and O–H groups in total. The Balaban J connectivity index is 1.79. The third kappa shape index (κ3) is 1.79. The molecule has 5 heteroatoms. The smallest absolute Gasteiger partial charge is 0.253 e. The van der Waals surface area contributed by atoms with Crippen LogP contribution in [0, 0.1) is 12.8 Å². The van der Waals surface area contributed by atoms with Gasteiger partial charge in [0.1, 0.15) is 0 Å². The number of amides is 1. The Kier molecular flexibility index (Phi) is 3.03. The first-order chi connectivity index (χ1) is 11.4. The minimum absolute atomic E-state index is 0.201. The lowest BCUT2D eigenvalue weighted by molar-refractivity contribution is -0.117. The molecule has 0 aromatic heterocycles. The fourth-order valence-corrected chi connectivity index (χ4v) is 5.68. The number of allylic oxidation sites excluding steroid dienone is 1. The zero-order chi connectivity index (χ0) is 17.1. The van der Waals surface area contributed by atoms with Gasteiger partial charge < -0.3 is 0 Å². The third-order valence-corrected chi connectivity index (χ3v) is 7.47. The van der Waals surface area contributed by atoms with Gasteiger partial charge in [-0.25, -0.2) is 8.42 Å². The fraction of sp³-hybridized carbons (Fsp3) is 0.211. The summed E-state index contributed by atoms with van der Waals surface area (Å²) in [6.07, 6.45) is 0.324. The molecule has 0 radical (unpaired) electrons. The summed E-state index contributed by atoms with van der Waals surface area (Å²) in [5, 5.41) is 0. The molecule has 24 heavy (non-hydrogen) atoms. The van der Waals surface area contributed by atoms with E-state index in [1.54, 1.807) is 36.4 Å². The SMILES string of the molecule is C=C1C2CC2(S(=O)(=O)c2ccc(C)cc2)C(=O)N1c1ccccc1. The molecular weight excluding hydrogens is 322 g/mol. The number of anilines is 1. The number of rotatable bonds is 3. The Bertz CT molecular complexity index is 948. The Morgan fingerprint density at radius 1 is 1.08 bits per heavy atom. The lowest BCUT2D eigenvalue weighted by atomic mass is 10.2. The van der Waals surface area contributed by atoms with Crippen molar-refractivity contribution in [3.8, 4) is 0 Å². The number of para-hydroxylation sites is 1. The van der Waals surface area contributed by atoms with E-state index in [2.05, 4.69) is 6.58 Å². The number of carbonyl (C=O) groups is 1. The summed E-state index contributed by atoms with van der Waals surface area (Å²) in [5.74, 6) is -0.721. The number of fused-ring (bicyclic) bond motifs is 1. The van der Waals surface area contributed by atoms with Gasteiger partial charge in [0.15, 0.2) is 14.6 Å². The minimum atomic E-state index is -3.76. The molecule has 4 nitrogen and oxygen atoms in total. The average Bonchev–Trinajstić information content (AvgIpc) is 3.29. The molecule has 1 saturated heterocycles. The summed E-state index contributed by atoms with van der Waals surface area (Å²) < 4.78 is 24.9. The van der Waals surface area contributed by atoms with Crippen LogP contribution in [-0.2, 0) is 14.6 Å². The first-order valence-electron chi connectivity index (χ1n) is 7.79. The van der Waals surface area contributed by atoms with E-state index in [-0.39, 0.29) is 16.7 Å². The molecule has 4 rings (SSSR count). The van der Waals surface area contributed by atoms with Crippen molar-refractivity contribution in [3.63, 3.8) is 0 Å². The maximum absolute atomic E-state index is 13.2. The second kappa shape index (κ2) is 4.80. The van der Waals surface area contributed by atoms with E-state index in [4.69, 9.17) is 0 Å². The lowest BCUT2D eigenvalue weighted by Crippen LogP contribution is -2.39. The molecule has 0 bridgehead atoms. The first kappa shape index (κ1) is 15.1. The summed E-state index contributed by atoms with van der Waals surface area (Å²) in [6.45, 7) is 5.89. The van der Waals surface area contributed by atoms with Crippen molar-refractivity contribution in [1.82, 2.24) is 0 Å². The molecule has 2 aliphatic rings. The number of piperidine rings is 1. The Morgan fingerprint density at radius 3 is 2.33 bits per heavy atom. The molecule has 2 aromatic rings. The van der Waals surface area contributed by atoms with Crippen molar-refractivity contribution < 1.29 is 13.2 Å². The van der Waals surface area contributed by atoms with Crippen LogP contribution in [0.4, 0.5) is 5.69 Å². The highest BCUT2D eigenvalue weighted by Gasteiger charge is 2.76. The summed E-state index contributed by atoms with van der Waals surface area (Å²) >= 11 is 0. The number of aryl methyl sites for hydroxylation is 1. The van der Waals surface area contributed by atoms with Crippen LogP contribution in [0.3, 0.4) is 0 Å². The molecule has 1 amide bonds. The van der Waals surface area contributed by atoms with Crippen LogP contribution in [0.1, 0.15) is 12.0 Å². The van der Waals surface area contributed by atoms with Gasteiger partial charge in [0, 0.05) is 17.3 Å². The maximum atomic E-state index is 13.2. The highest BCUT2D eigenvalue weighted by atomic mass is 32.2. The summed E-state index contributed by atoms with van der Waals surface area (Å²) in [6, 6.07) is 15.7. The number of carbonyl (C=O) groups excluding carboxylic acids is 1. The monoisotopic (exact) mass is 339 g/mol. The van der Waals surface area contributed by atoms with Crippen LogP contribution in [0.5, 0.6) is 0 Å². The highest BCUT2D eigenvalue weighted by molar-refractivity contribution is 7.94. The van der Waals surface area contributed by atoms with E-state index in [1.807, 2.05) is 25.1 Å². The standard InChI is InChI=1S/C19H17NO3S/c1-13-8-10-16(11-9-13)24(22,23)19-12-17(19)14(2)20(18(19)21)15-6-4-3-5-7-15/h3-11,17H,2,12H2,1H3. The summed E-state index contributed by atoms with van der Waals surface area (Å²) in [4.78, 5) is 14.7. The largest absolute Gasteiger partial charge is 0.284 e. The predicted molar refractivity (Wildman–Crippen MR) is 92.3 cm³/mol. The lowest BCUT2D eigenvalue weighted by Gasteiger charge is -2.22. The molecule has 2 unspecified atom stereocenters. The number of hydrogen-bond acceptors (Lipinski definition) is 3. The quantitative estimate of drug-likeness (QED) is 0.863. The van der Waals surface area contributed by atoms with Gasteiger partial charge in [0.25, 0.3) is 5.91 Å². The zero-order valence-electron chi connectivity index (χ0n) is 13.3. The normalized spacial score (nSPS) is 25.7. The van der Waals surface area contributed by atoms with Gasteiger partial charge >= 0.3 is 0 Å².